The van der Waals surface area contributed by atoms with Gasteiger partial charge in [0.05, 0.1) is 12.7 Å². The third-order valence-electron chi connectivity index (χ3n) is 4.37. The van der Waals surface area contributed by atoms with Crippen molar-refractivity contribution in [2.24, 2.45) is 11.8 Å². The van der Waals surface area contributed by atoms with Crippen LogP contribution < -0.4 is 4.90 Å². The molecule has 4 heteroatoms. The van der Waals surface area contributed by atoms with Crippen LogP contribution in [0.4, 0.5) is 5.69 Å². The van der Waals surface area contributed by atoms with Crippen LogP contribution in [0.15, 0.2) is 18.2 Å². The Morgan fingerprint density at radius 2 is 2.11 bits per heavy atom. The van der Waals surface area contributed by atoms with Crippen molar-refractivity contribution in [1.29, 1.82) is 0 Å². The summed E-state index contributed by atoms with van der Waals surface area (Å²) in [6.45, 7) is 1.88. The Balaban J connectivity index is 1.84. The SMILES string of the molecule is OCc1cc(Cl)ccc1N1CC2CCC(O)C2C1. The van der Waals surface area contributed by atoms with Gasteiger partial charge in [-0.1, -0.05) is 11.6 Å². The first-order valence-corrected chi connectivity index (χ1v) is 6.89. The summed E-state index contributed by atoms with van der Waals surface area (Å²) >= 11 is 5.95. The smallest absolute Gasteiger partial charge is 0.0702 e. The number of fused-ring (bicyclic) bond motifs is 1. The molecule has 0 bridgehead atoms. The number of hydrogen-bond donors (Lipinski definition) is 2. The predicted octanol–water partition coefficient (Wildman–Crippen LogP) is 2.04. The molecule has 0 spiro atoms. The van der Waals surface area contributed by atoms with Crippen LogP contribution in [0.25, 0.3) is 0 Å². The predicted molar refractivity (Wildman–Crippen MR) is 71.8 cm³/mol. The summed E-state index contributed by atoms with van der Waals surface area (Å²) in [7, 11) is 0. The molecule has 1 heterocycles. The minimum Gasteiger partial charge on any atom is -0.393 e. The molecule has 3 atom stereocenters. The minimum absolute atomic E-state index is 0.00425. The molecule has 0 radical (unpaired) electrons. The average Bonchev–Trinajstić information content (AvgIpc) is 2.92. The van der Waals surface area contributed by atoms with Gasteiger partial charge in [0.25, 0.3) is 0 Å². The lowest BCUT2D eigenvalue weighted by Crippen LogP contribution is -2.25. The Bertz CT molecular complexity index is 451. The first-order chi connectivity index (χ1) is 8.69. The molecule has 1 saturated heterocycles. The van der Waals surface area contributed by atoms with Crippen molar-refractivity contribution >= 4 is 17.3 Å². The summed E-state index contributed by atoms with van der Waals surface area (Å²) in [4.78, 5) is 2.28. The topological polar surface area (TPSA) is 43.7 Å². The van der Waals surface area contributed by atoms with Gasteiger partial charge in [-0.3, -0.25) is 0 Å². The standard InChI is InChI=1S/C14H18ClNO2/c15-11-2-3-13(10(5-11)8-17)16-6-9-1-4-14(18)12(9)7-16/h2-3,5,9,12,14,17-18H,1,4,6-8H2. The number of halogens is 1. The van der Waals surface area contributed by atoms with Crippen molar-refractivity contribution < 1.29 is 10.2 Å². The fraction of sp³-hybridized carbons (Fsp3) is 0.571. The highest BCUT2D eigenvalue weighted by Crippen LogP contribution is 2.40. The maximum atomic E-state index is 9.94. The van der Waals surface area contributed by atoms with Crippen LogP contribution >= 0.6 is 11.6 Å². The molecule has 1 saturated carbocycles. The Labute approximate surface area is 112 Å². The van der Waals surface area contributed by atoms with E-state index in [1.54, 1.807) is 0 Å². The Kier molecular flexibility index (Phi) is 3.22. The van der Waals surface area contributed by atoms with Crippen LogP contribution in [0, 0.1) is 11.8 Å². The highest BCUT2D eigenvalue weighted by molar-refractivity contribution is 6.30. The summed E-state index contributed by atoms with van der Waals surface area (Å²) < 4.78 is 0. The zero-order valence-electron chi connectivity index (χ0n) is 10.2. The van der Waals surface area contributed by atoms with Crippen LogP contribution in [0.1, 0.15) is 18.4 Å². The van der Waals surface area contributed by atoms with Gasteiger partial charge >= 0.3 is 0 Å². The van der Waals surface area contributed by atoms with Gasteiger partial charge in [0, 0.05) is 35.3 Å². The number of anilines is 1. The monoisotopic (exact) mass is 267 g/mol. The van der Waals surface area contributed by atoms with Gasteiger partial charge in [-0.2, -0.15) is 0 Å². The van der Waals surface area contributed by atoms with E-state index in [1.807, 2.05) is 18.2 Å². The fourth-order valence-electron chi connectivity index (χ4n) is 3.42. The number of hydrogen-bond acceptors (Lipinski definition) is 3. The Hall–Kier alpha value is -0.770. The molecule has 3 rings (SSSR count). The number of aliphatic hydroxyl groups is 2. The van der Waals surface area contributed by atoms with E-state index in [0.29, 0.717) is 16.9 Å². The zero-order chi connectivity index (χ0) is 12.7. The van der Waals surface area contributed by atoms with E-state index in [4.69, 9.17) is 11.6 Å². The molecule has 18 heavy (non-hydrogen) atoms. The number of aliphatic hydroxyl groups excluding tert-OH is 2. The van der Waals surface area contributed by atoms with E-state index in [-0.39, 0.29) is 12.7 Å². The Morgan fingerprint density at radius 3 is 2.83 bits per heavy atom. The largest absolute Gasteiger partial charge is 0.393 e. The van der Waals surface area contributed by atoms with Crippen LogP contribution in [-0.2, 0) is 6.61 Å². The summed E-state index contributed by atoms with van der Waals surface area (Å²) in [6.07, 6.45) is 1.91. The molecule has 2 fully saturated rings. The van der Waals surface area contributed by atoms with Gasteiger partial charge in [0.15, 0.2) is 0 Å². The van der Waals surface area contributed by atoms with Gasteiger partial charge in [0.1, 0.15) is 0 Å². The van der Waals surface area contributed by atoms with Gasteiger partial charge in [-0.25, -0.2) is 0 Å². The van der Waals surface area contributed by atoms with Crippen molar-refractivity contribution in [3.63, 3.8) is 0 Å². The molecule has 3 nitrogen and oxygen atoms in total. The molecule has 1 aromatic rings. The van der Waals surface area contributed by atoms with Gasteiger partial charge < -0.3 is 15.1 Å². The van der Waals surface area contributed by atoms with Gasteiger partial charge in [-0.15, -0.1) is 0 Å². The highest BCUT2D eigenvalue weighted by atomic mass is 35.5. The fourth-order valence-corrected chi connectivity index (χ4v) is 3.62. The van der Waals surface area contributed by atoms with Crippen molar-refractivity contribution in [1.82, 2.24) is 0 Å². The van der Waals surface area contributed by atoms with E-state index in [9.17, 15) is 10.2 Å². The third kappa shape index (κ3) is 2.00. The highest BCUT2D eigenvalue weighted by Gasteiger charge is 2.42. The van der Waals surface area contributed by atoms with Gasteiger partial charge in [-0.05, 0) is 37.0 Å². The van der Waals surface area contributed by atoms with Gasteiger partial charge in [0.2, 0.25) is 0 Å². The molecular formula is C14H18ClNO2. The van der Waals surface area contributed by atoms with E-state index in [2.05, 4.69) is 4.90 Å². The van der Waals surface area contributed by atoms with Crippen molar-refractivity contribution in [2.45, 2.75) is 25.6 Å². The average molecular weight is 268 g/mol. The van der Waals surface area contributed by atoms with E-state index < -0.39 is 0 Å². The summed E-state index contributed by atoms with van der Waals surface area (Å²) in [5.41, 5.74) is 1.93. The molecule has 1 aromatic carbocycles. The van der Waals surface area contributed by atoms with Crippen LogP contribution in [0.2, 0.25) is 5.02 Å². The molecule has 2 N–H and O–H groups in total. The molecule has 98 valence electrons. The third-order valence-corrected chi connectivity index (χ3v) is 4.61. The summed E-state index contributed by atoms with van der Waals surface area (Å²) in [5.74, 6) is 0.995. The van der Waals surface area contributed by atoms with Crippen molar-refractivity contribution in [3.05, 3.63) is 28.8 Å². The van der Waals surface area contributed by atoms with Crippen molar-refractivity contribution in [2.75, 3.05) is 18.0 Å². The lowest BCUT2D eigenvalue weighted by Gasteiger charge is -2.23. The van der Waals surface area contributed by atoms with E-state index in [1.165, 1.54) is 0 Å². The lowest BCUT2D eigenvalue weighted by molar-refractivity contribution is 0.133. The second-order valence-electron chi connectivity index (χ2n) is 5.40. The van der Waals surface area contributed by atoms with Crippen LogP contribution in [-0.4, -0.2) is 29.4 Å². The maximum Gasteiger partial charge on any atom is 0.0702 e. The normalized spacial score (nSPS) is 30.8. The first kappa shape index (κ1) is 12.3. The molecule has 0 aromatic heterocycles. The Morgan fingerprint density at radius 1 is 1.28 bits per heavy atom. The molecule has 1 aliphatic carbocycles. The molecule has 3 unspecified atom stereocenters. The summed E-state index contributed by atoms with van der Waals surface area (Å²) in [6, 6.07) is 5.66. The number of rotatable bonds is 2. The van der Waals surface area contributed by atoms with Crippen LogP contribution in [0.5, 0.6) is 0 Å². The summed E-state index contributed by atoms with van der Waals surface area (Å²) in [5, 5.41) is 20.0. The molecule has 1 aliphatic heterocycles. The molecular weight excluding hydrogens is 250 g/mol. The quantitative estimate of drug-likeness (QED) is 0.862. The number of benzene rings is 1. The second kappa shape index (κ2) is 4.72. The minimum atomic E-state index is -0.148. The maximum absolute atomic E-state index is 9.94. The first-order valence-electron chi connectivity index (χ1n) is 6.51. The second-order valence-corrected chi connectivity index (χ2v) is 5.84. The van der Waals surface area contributed by atoms with Crippen molar-refractivity contribution in [3.8, 4) is 0 Å². The number of nitrogens with zero attached hydrogens (tertiary/aromatic N) is 1. The van der Waals surface area contributed by atoms with Crippen LogP contribution in [0.3, 0.4) is 0 Å². The van der Waals surface area contributed by atoms with E-state index >= 15 is 0 Å². The molecule has 2 aliphatic rings. The lowest BCUT2D eigenvalue weighted by atomic mass is 10.00. The zero-order valence-corrected chi connectivity index (χ0v) is 11.0. The molecule has 0 amide bonds. The van der Waals surface area contributed by atoms with E-state index in [0.717, 1.165) is 37.2 Å².